The molecule has 2 heteroatoms. The maximum atomic E-state index is 12.6. The van der Waals surface area contributed by atoms with Gasteiger partial charge in [0.15, 0.2) is 0 Å². The number of rotatable bonds is 3. The van der Waals surface area contributed by atoms with E-state index in [2.05, 4.69) is 42.5 Å². The summed E-state index contributed by atoms with van der Waals surface area (Å²) in [6.07, 6.45) is 3.24. The third-order valence-corrected chi connectivity index (χ3v) is 6.08. The Hall–Kier alpha value is -1.67. The normalized spacial score (nSPS) is 33.0. The van der Waals surface area contributed by atoms with Crippen LogP contribution < -0.4 is 0 Å². The van der Waals surface area contributed by atoms with E-state index in [1.807, 2.05) is 6.92 Å². The average molecular weight is 308 g/mol. The highest BCUT2D eigenvalue weighted by molar-refractivity contribution is 5.85. The number of carbonyl (C=O) groups is 1. The average Bonchev–Trinajstić information content (AvgIpc) is 2.88. The number of aliphatic hydroxyl groups excluding tert-OH is 1. The van der Waals surface area contributed by atoms with Crippen molar-refractivity contribution in [2.24, 2.45) is 17.8 Å². The molecule has 120 valence electrons. The predicted molar refractivity (Wildman–Crippen MR) is 92.3 cm³/mol. The van der Waals surface area contributed by atoms with Crippen LogP contribution in [0.2, 0.25) is 0 Å². The number of benzene rings is 2. The van der Waals surface area contributed by atoms with Crippen molar-refractivity contribution in [2.75, 3.05) is 0 Å². The molecular formula is C21H24O2. The van der Waals surface area contributed by atoms with Gasteiger partial charge in [-0.05, 0) is 53.4 Å². The van der Waals surface area contributed by atoms with Crippen molar-refractivity contribution >= 4 is 16.6 Å². The maximum Gasteiger partial charge on any atom is 0.136 e. The van der Waals surface area contributed by atoms with Crippen LogP contribution in [0.5, 0.6) is 0 Å². The zero-order valence-electron chi connectivity index (χ0n) is 13.6. The second-order valence-corrected chi connectivity index (χ2v) is 7.36. The first kappa shape index (κ1) is 14.9. The maximum absolute atomic E-state index is 12.6. The van der Waals surface area contributed by atoms with Gasteiger partial charge in [-0.3, -0.25) is 4.79 Å². The van der Waals surface area contributed by atoms with Gasteiger partial charge in [-0.15, -0.1) is 0 Å². The van der Waals surface area contributed by atoms with Crippen LogP contribution in [-0.2, 0) is 4.79 Å². The smallest absolute Gasteiger partial charge is 0.136 e. The summed E-state index contributed by atoms with van der Waals surface area (Å²) in [6, 6.07) is 15.0. The van der Waals surface area contributed by atoms with Gasteiger partial charge in [-0.25, -0.2) is 0 Å². The molecule has 0 aliphatic heterocycles. The highest BCUT2D eigenvalue weighted by atomic mass is 16.3. The second-order valence-electron chi connectivity index (χ2n) is 7.36. The number of hydrogen-bond donors (Lipinski definition) is 1. The monoisotopic (exact) mass is 308 g/mol. The zero-order valence-corrected chi connectivity index (χ0v) is 13.6. The largest absolute Gasteiger partial charge is 0.393 e. The molecule has 2 aliphatic rings. The number of fused-ring (bicyclic) bond motifs is 3. The molecule has 2 aromatic carbocycles. The van der Waals surface area contributed by atoms with E-state index in [4.69, 9.17) is 0 Å². The lowest BCUT2D eigenvalue weighted by Gasteiger charge is -2.36. The van der Waals surface area contributed by atoms with Gasteiger partial charge in [-0.1, -0.05) is 49.4 Å². The fourth-order valence-corrected chi connectivity index (χ4v) is 5.02. The summed E-state index contributed by atoms with van der Waals surface area (Å²) in [5.74, 6) is 1.33. The van der Waals surface area contributed by atoms with Gasteiger partial charge in [0, 0.05) is 12.3 Å². The lowest BCUT2D eigenvalue weighted by atomic mass is 9.67. The third-order valence-electron chi connectivity index (χ3n) is 6.08. The van der Waals surface area contributed by atoms with E-state index < -0.39 is 0 Å². The van der Waals surface area contributed by atoms with Crippen LogP contribution >= 0.6 is 0 Å². The van der Waals surface area contributed by atoms with E-state index in [1.165, 1.54) is 16.3 Å². The highest BCUT2D eigenvalue weighted by Gasteiger charge is 2.49. The van der Waals surface area contributed by atoms with Crippen molar-refractivity contribution < 1.29 is 9.90 Å². The van der Waals surface area contributed by atoms with Crippen LogP contribution in [0.4, 0.5) is 0 Å². The number of carbonyl (C=O) groups excluding carboxylic acids is 1. The van der Waals surface area contributed by atoms with Crippen LogP contribution in [0.15, 0.2) is 42.5 Å². The predicted octanol–water partition coefficient (Wildman–Crippen LogP) is 4.31. The Morgan fingerprint density at radius 1 is 1.09 bits per heavy atom. The van der Waals surface area contributed by atoms with Crippen molar-refractivity contribution in [2.45, 2.75) is 44.6 Å². The van der Waals surface area contributed by atoms with Gasteiger partial charge < -0.3 is 5.11 Å². The van der Waals surface area contributed by atoms with Crippen LogP contribution in [0.3, 0.4) is 0 Å². The van der Waals surface area contributed by atoms with Crippen molar-refractivity contribution in [3.05, 3.63) is 48.0 Å². The molecule has 2 aliphatic carbocycles. The molecule has 23 heavy (non-hydrogen) atoms. The van der Waals surface area contributed by atoms with Gasteiger partial charge in [0.25, 0.3) is 0 Å². The minimum absolute atomic E-state index is 0.00471. The molecule has 2 aromatic rings. The fourth-order valence-electron chi connectivity index (χ4n) is 5.02. The standard InChI is InChI=1S/C21H24O2/c1-2-19(22)21-17(9-13-10-18(21)20(23)11-13)16-8-7-14-5-3-4-6-15(14)12-16/h3-8,12-13,17-18,20-21,23H,2,9-11H2,1H3/t13?,17-,18+,20?,21-/m0/s1. The minimum atomic E-state index is -0.286. The van der Waals surface area contributed by atoms with E-state index in [9.17, 15) is 9.90 Å². The number of aliphatic hydroxyl groups is 1. The van der Waals surface area contributed by atoms with Crippen LogP contribution in [-0.4, -0.2) is 17.0 Å². The quantitative estimate of drug-likeness (QED) is 0.917. The Morgan fingerprint density at radius 2 is 1.87 bits per heavy atom. The van der Waals surface area contributed by atoms with Crippen molar-refractivity contribution in [3.8, 4) is 0 Å². The Bertz CT molecular complexity index is 735. The lowest BCUT2D eigenvalue weighted by molar-refractivity contribution is -0.127. The first-order chi connectivity index (χ1) is 11.2. The molecule has 0 aromatic heterocycles. The summed E-state index contributed by atoms with van der Waals surface area (Å²) in [6.45, 7) is 1.95. The van der Waals surface area contributed by atoms with Gasteiger partial charge in [0.1, 0.15) is 5.78 Å². The second kappa shape index (κ2) is 5.76. The minimum Gasteiger partial charge on any atom is -0.393 e. The van der Waals surface area contributed by atoms with E-state index in [1.54, 1.807) is 0 Å². The van der Waals surface area contributed by atoms with Gasteiger partial charge in [-0.2, -0.15) is 0 Å². The molecule has 0 heterocycles. The molecule has 1 N–H and O–H groups in total. The lowest BCUT2D eigenvalue weighted by Crippen LogP contribution is -2.35. The molecule has 2 nitrogen and oxygen atoms in total. The van der Waals surface area contributed by atoms with Crippen LogP contribution in [0.1, 0.15) is 44.1 Å². The number of ketones is 1. The molecule has 0 amide bonds. The molecular weight excluding hydrogens is 284 g/mol. The summed E-state index contributed by atoms with van der Waals surface area (Å²) in [5.41, 5.74) is 1.28. The van der Waals surface area contributed by atoms with Gasteiger partial charge >= 0.3 is 0 Å². The Kier molecular flexibility index (Phi) is 3.73. The molecule has 2 saturated carbocycles. The molecule has 2 bridgehead atoms. The fraction of sp³-hybridized carbons (Fsp3) is 0.476. The SMILES string of the molecule is CCC(=O)[C@@H]1[C@@H]2CC(CC2O)C[C@H]1c1ccc2ccccc2c1. The molecule has 0 saturated heterocycles. The van der Waals surface area contributed by atoms with E-state index in [-0.39, 0.29) is 23.9 Å². The highest BCUT2D eigenvalue weighted by Crippen LogP contribution is 2.52. The molecule has 2 unspecified atom stereocenters. The summed E-state index contributed by atoms with van der Waals surface area (Å²) in [4.78, 5) is 12.6. The van der Waals surface area contributed by atoms with Gasteiger partial charge in [0.05, 0.1) is 6.10 Å². The summed E-state index contributed by atoms with van der Waals surface area (Å²) >= 11 is 0. The summed E-state index contributed by atoms with van der Waals surface area (Å²) in [7, 11) is 0. The first-order valence-electron chi connectivity index (χ1n) is 8.87. The first-order valence-corrected chi connectivity index (χ1v) is 8.87. The number of Topliss-reactive ketones (excluding diaryl/α,β-unsaturated/α-hetero) is 1. The molecule has 4 rings (SSSR count). The molecule has 5 atom stereocenters. The van der Waals surface area contributed by atoms with E-state index in [0.717, 1.165) is 19.3 Å². The Balaban J connectivity index is 1.76. The summed E-state index contributed by atoms with van der Waals surface area (Å²) < 4.78 is 0. The van der Waals surface area contributed by atoms with E-state index in [0.29, 0.717) is 18.1 Å². The van der Waals surface area contributed by atoms with Crippen LogP contribution in [0, 0.1) is 17.8 Å². The van der Waals surface area contributed by atoms with Gasteiger partial charge in [0.2, 0.25) is 0 Å². The van der Waals surface area contributed by atoms with E-state index >= 15 is 0 Å². The third kappa shape index (κ3) is 2.49. The molecule has 2 fully saturated rings. The Morgan fingerprint density at radius 3 is 2.65 bits per heavy atom. The van der Waals surface area contributed by atoms with Crippen LogP contribution in [0.25, 0.3) is 10.8 Å². The van der Waals surface area contributed by atoms with Crippen molar-refractivity contribution in [1.82, 2.24) is 0 Å². The Labute approximate surface area is 137 Å². The topological polar surface area (TPSA) is 37.3 Å². The molecule has 0 radical (unpaired) electrons. The van der Waals surface area contributed by atoms with Crippen molar-refractivity contribution in [1.29, 1.82) is 0 Å². The summed E-state index contributed by atoms with van der Waals surface area (Å²) in [5, 5.41) is 12.9. The molecule has 0 spiro atoms. The number of hydrogen-bond acceptors (Lipinski definition) is 2. The van der Waals surface area contributed by atoms with Crippen molar-refractivity contribution in [3.63, 3.8) is 0 Å². The zero-order chi connectivity index (χ0) is 16.0.